The summed E-state index contributed by atoms with van der Waals surface area (Å²) >= 11 is 0. The molecule has 1 heterocycles. The van der Waals surface area contributed by atoms with Gasteiger partial charge in [0.1, 0.15) is 0 Å². The number of ether oxygens (including phenoxy) is 2. The Labute approximate surface area is 97.9 Å². The van der Waals surface area contributed by atoms with Gasteiger partial charge in [-0.25, -0.2) is 9.59 Å². The Morgan fingerprint density at radius 2 is 2.12 bits per heavy atom. The van der Waals surface area contributed by atoms with E-state index in [2.05, 4.69) is 10.6 Å². The molecule has 0 radical (unpaired) electrons. The molecule has 8 nitrogen and oxygen atoms in total. The van der Waals surface area contributed by atoms with Crippen LogP contribution in [0.15, 0.2) is 0 Å². The first-order chi connectivity index (χ1) is 8.09. The third kappa shape index (κ3) is 5.48. The summed E-state index contributed by atoms with van der Waals surface area (Å²) in [6, 6.07) is -0.556. The van der Waals surface area contributed by atoms with Crippen molar-refractivity contribution in [3.63, 3.8) is 0 Å². The first kappa shape index (κ1) is 13.7. The number of aliphatic hydroxyl groups is 1. The molecule has 1 fully saturated rings. The molecular formula is C9H16N2O6. The average Bonchev–Trinajstić information content (AvgIpc) is 2.34. The quantitative estimate of drug-likeness (QED) is 0.453. The molecule has 0 aliphatic carbocycles. The number of carboxylic acid groups (broad SMARTS) is 1. The van der Waals surface area contributed by atoms with Crippen molar-refractivity contribution in [2.24, 2.45) is 0 Å². The van der Waals surface area contributed by atoms with Crippen molar-refractivity contribution >= 4 is 12.0 Å². The Hall–Kier alpha value is -1.38. The van der Waals surface area contributed by atoms with Crippen molar-refractivity contribution < 1.29 is 29.3 Å². The van der Waals surface area contributed by atoms with Crippen molar-refractivity contribution in [2.75, 3.05) is 32.9 Å². The molecule has 2 unspecified atom stereocenters. The largest absolute Gasteiger partial charge is 0.479 e. The third-order valence-electron chi connectivity index (χ3n) is 2.12. The van der Waals surface area contributed by atoms with Crippen LogP contribution in [-0.2, 0) is 14.3 Å². The summed E-state index contributed by atoms with van der Waals surface area (Å²) in [5.74, 6) is -1.38. The zero-order valence-corrected chi connectivity index (χ0v) is 9.22. The summed E-state index contributed by atoms with van der Waals surface area (Å²) in [6.45, 7) is 1.38. The molecule has 0 spiro atoms. The summed E-state index contributed by atoms with van der Waals surface area (Å²) in [4.78, 5) is 21.4. The molecule has 1 aliphatic rings. The summed E-state index contributed by atoms with van der Waals surface area (Å²) in [5.41, 5.74) is 0. The lowest BCUT2D eigenvalue weighted by Crippen LogP contribution is -2.46. The fraction of sp³-hybridized carbons (Fsp3) is 0.778. The van der Waals surface area contributed by atoms with Crippen molar-refractivity contribution in [1.82, 2.24) is 10.6 Å². The van der Waals surface area contributed by atoms with Crippen LogP contribution in [0, 0.1) is 0 Å². The topological polar surface area (TPSA) is 117 Å². The molecule has 17 heavy (non-hydrogen) atoms. The first-order valence-electron chi connectivity index (χ1n) is 5.21. The molecule has 1 aliphatic heterocycles. The van der Waals surface area contributed by atoms with E-state index in [1.165, 1.54) is 0 Å². The third-order valence-corrected chi connectivity index (χ3v) is 2.12. The van der Waals surface area contributed by atoms with Gasteiger partial charge in [-0.1, -0.05) is 0 Å². The maximum atomic E-state index is 11.2. The fourth-order valence-corrected chi connectivity index (χ4v) is 1.20. The second-order valence-electron chi connectivity index (χ2n) is 3.51. The highest BCUT2D eigenvalue weighted by Crippen LogP contribution is 1.98. The molecule has 0 aromatic carbocycles. The smallest absolute Gasteiger partial charge is 0.334 e. The summed E-state index contributed by atoms with van der Waals surface area (Å²) in [7, 11) is 0. The highest BCUT2D eigenvalue weighted by molar-refractivity contribution is 5.76. The number of carbonyl (C=O) groups excluding carboxylic acids is 1. The van der Waals surface area contributed by atoms with Crippen LogP contribution >= 0.6 is 0 Å². The van der Waals surface area contributed by atoms with E-state index < -0.39 is 18.1 Å². The minimum absolute atomic E-state index is 0.195. The number of hydrogen-bond acceptors (Lipinski definition) is 5. The number of amides is 2. The van der Waals surface area contributed by atoms with Crippen LogP contribution < -0.4 is 10.6 Å². The SMILES string of the molecule is O=C(NCC1COCCO1)NCC(O)C(=O)O. The van der Waals surface area contributed by atoms with Gasteiger partial charge in [0, 0.05) is 6.54 Å². The molecule has 8 heteroatoms. The maximum Gasteiger partial charge on any atom is 0.334 e. The number of rotatable bonds is 5. The lowest BCUT2D eigenvalue weighted by atomic mass is 10.3. The van der Waals surface area contributed by atoms with E-state index in [0.717, 1.165) is 0 Å². The van der Waals surface area contributed by atoms with Crippen molar-refractivity contribution in [1.29, 1.82) is 0 Å². The molecule has 0 aromatic heterocycles. The Kier molecular flexibility index (Phi) is 5.67. The molecule has 4 N–H and O–H groups in total. The van der Waals surface area contributed by atoms with Gasteiger partial charge in [0.2, 0.25) is 0 Å². The van der Waals surface area contributed by atoms with Crippen LogP contribution in [0.5, 0.6) is 0 Å². The molecule has 2 atom stereocenters. The lowest BCUT2D eigenvalue weighted by molar-refractivity contribution is -0.146. The van der Waals surface area contributed by atoms with Crippen molar-refractivity contribution in [2.45, 2.75) is 12.2 Å². The second kappa shape index (κ2) is 7.05. The minimum atomic E-state index is -1.60. The van der Waals surface area contributed by atoms with E-state index in [-0.39, 0.29) is 19.2 Å². The fourth-order valence-electron chi connectivity index (χ4n) is 1.20. The number of urea groups is 1. The van der Waals surface area contributed by atoms with E-state index in [1.807, 2.05) is 0 Å². The van der Waals surface area contributed by atoms with Gasteiger partial charge in [-0.3, -0.25) is 0 Å². The number of hydrogen-bond donors (Lipinski definition) is 4. The summed E-state index contributed by atoms with van der Waals surface area (Å²) < 4.78 is 10.4. The van der Waals surface area contributed by atoms with Gasteiger partial charge in [-0.15, -0.1) is 0 Å². The predicted octanol–water partition coefficient (Wildman–Crippen LogP) is -1.85. The molecule has 0 bridgehead atoms. The zero-order valence-electron chi connectivity index (χ0n) is 9.22. The van der Waals surface area contributed by atoms with E-state index >= 15 is 0 Å². The Morgan fingerprint density at radius 1 is 1.35 bits per heavy atom. The van der Waals surface area contributed by atoms with Gasteiger partial charge in [0.25, 0.3) is 0 Å². The molecular weight excluding hydrogens is 232 g/mol. The molecule has 1 rings (SSSR count). The average molecular weight is 248 g/mol. The molecule has 1 saturated heterocycles. The van der Waals surface area contributed by atoms with E-state index in [9.17, 15) is 9.59 Å². The van der Waals surface area contributed by atoms with Crippen LogP contribution in [0.4, 0.5) is 4.79 Å². The summed E-state index contributed by atoms with van der Waals surface area (Å²) in [5, 5.41) is 22.0. The number of carboxylic acids is 1. The van der Waals surface area contributed by atoms with Crippen LogP contribution in [0.25, 0.3) is 0 Å². The van der Waals surface area contributed by atoms with Gasteiger partial charge >= 0.3 is 12.0 Å². The normalized spacial score (nSPS) is 21.6. The minimum Gasteiger partial charge on any atom is -0.479 e. The Balaban J connectivity index is 2.10. The highest BCUT2D eigenvalue weighted by atomic mass is 16.6. The van der Waals surface area contributed by atoms with Gasteiger partial charge in [-0.2, -0.15) is 0 Å². The second-order valence-corrected chi connectivity index (χ2v) is 3.51. The zero-order chi connectivity index (χ0) is 12.7. The number of aliphatic hydroxyl groups excluding tert-OH is 1. The van der Waals surface area contributed by atoms with Crippen LogP contribution in [-0.4, -0.2) is 67.3 Å². The predicted molar refractivity (Wildman–Crippen MR) is 55.6 cm³/mol. The monoisotopic (exact) mass is 248 g/mol. The Morgan fingerprint density at radius 3 is 2.71 bits per heavy atom. The first-order valence-corrected chi connectivity index (χ1v) is 5.21. The Bertz CT molecular complexity index is 266. The van der Waals surface area contributed by atoms with Gasteiger partial charge in [-0.05, 0) is 0 Å². The van der Waals surface area contributed by atoms with E-state index in [4.69, 9.17) is 19.7 Å². The van der Waals surface area contributed by atoms with Gasteiger partial charge < -0.3 is 30.3 Å². The lowest BCUT2D eigenvalue weighted by Gasteiger charge is -2.23. The molecule has 0 aromatic rings. The number of nitrogens with one attached hydrogen (secondary N) is 2. The standard InChI is InChI=1S/C9H16N2O6/c12-7(8(13)14)4-11-9(15)10-3-6-5-16-1-2-17-6/h6-7,12H,1-5H2,(H,13,14)(H2,10,11,15). The van der Waals surface area contributed by atoms with Crippen LogP contribution in [0.3, 0.4) is 0 Å². The maximum absolute atomic E-state index is 11.2. The van der Waals surface area contributed by atoms with Gasteiger partial charge in [0.05, 0.1) is 32.5 Å². The number of carbonyl (C=O) groups is 2. The highest BCUT2D eigenvalue weighted by Gasteiger charge is 2.16. The van der Waals surface area contributed by atoms with E-state index in [1.54, 1.807) is 0 Å². The van der Waals surface area contributed by atoms with Crippen molar-refractivity contribution in [3.8, 4) is 0 Å². The summed E-state index contributed by atoms with van der Waals surface area (Å²) in [6.07, 6.45) is -1.80. The van der Waals surface area contributed by atoms with Crippen molar-refractivity contribution in [3.05, 3.63) is 0 Å². The molecule has 98 valence electrons. The molecule has 0 saturated carbocycles. The van der Waals surface area contributed by atoms with Crippen LogP contribution in [0.1, 0.15) is 0 Å². The van der Waals surface area contributed by atoms with Gasteiger partial charge in [0.15, 0.2) is 6.10 Å². The number of aliphatic carboxylic acids is 1. The molecule has 2 amide bonds. The van der Waals surface area contributed by atoms with E-state index in [0.29, 0.717) is 19.8 Å². The van der Waals surface area contributed by atoms with Crippen LogP contribution in [0.2, 0.25) is 0 Å².